The van der Waals surface area contributed by atoms with Gasteiger partial charge in [0, 0.05) is 19.5 Å². The van der Waals surface area contributed by atoms with E-state index in [0.717, 1.165) is 0 Å². The van der Waals surface area contributed by atoms with Gasteiger partial charge < -0.3 is 0 Å². The Morgan fingerprint density at radius 2 is 1.25 bits per heavy atom. The van der Waals surface area contributed by atoms with Crippen LogP contribution in [0.4, 0.5) is 0 Å². The Kier molecular flexibility index (Phi) is 23.0. The van der Waals surface area contributed by atoms with Crippen LogP contribution in [0.15, 0.2) is 0 Å². The monoisotopic (exact) mass is 445 g/mol. The maximum Gasteiger partial charge on any atom is 0 e. The Bertz CT molecular complexity index is 3.25. The molecule has 0 aromatic heterocycles. The second kappa shape index (κ2) is 9.26. The van der Waals surface area contributed by atoms with E-state index in [1.54, 1.807) is 0 Å². The molecule has 0 amide bonds. The number of hydrogen-bond acceptors (Lipinski definition) is 0. The minimum Gasteiger partial charge on any atom is 0 e. The number of rotatable bonds is 0. The predicted octanol–water partition coefficient (Wildman–Crippen LogP) is -1.23. The molecule has 0 rings (SSSR count). The van der Waals surface area contributed by atoms with Gasteiger partial charge in [0.05, 0.1) is 0 Å². The van der Waals surface area contributed by atoms with Crippen molar-refractivity contribution >= 4 is 37.2 Å². The SMILES string of the molecule is I[I-]I.[Zn]. The summed E-state index contributed by atoms with van der Waals surface area (Å²) in [6, 6.07) is 0. The topological polar surface area (TPSA) is 0 Å². The van der Waals surface area contributed by atoms with Crippen LogP contribution in [0.2, 0.25) is 0 Å². The molecule has 0 aliphatic carbocycles. The molecule has 0 unspecified atom stereocenters. The van der Waals surface area contributed by atoms with Crippen molar-refractivity contribution in [2.75, 3.05) is 0 Å². The molecule has 0 nitrogen and oxygen atoms in total. The zero-order valence-electron chi connectivity index (χ0n) is 1.84. The zero-order chi connectivity index (χ0) is 2.71. The Balaban J connectivity index is 0. The summed E-state index contributed by atoms with van der Waals surface area (Å²) in [4.78, 5) is 0. The standard InChI is InChI=1S/I3.Zn/c1-3-2;/q-1;. The molecule has 0 aliphatic heterocycles. The molecule has 0 fully saturated rings. The molecule has 0 aliphatic rings. The van der Waals surface area contributed by atoms with E-state index in [1.807, 2.05) is 0 Å². The molecular formula is I3Zn-. The normalized spacial score (nSPS) is 5.50. The molecule has 4 heavy (non-hydrogen) atoms. The van der Waals surface area contributed by atoms with Gasteiger partial charge in [-0.2, -0.15) is 0 Å². The Hall–Kier alpha value is 2.81. The van der Waals surface area contributed by atoms with Crippen LogP contribution in [0.25, 0.3) is 0 Å². The van der Waals surface area contributed by atoms with Gasteiger partial charge in [-0.05, 0) is 0 Å². The van der Waals surface area contributed by atoms with E-state index >= 15 is 0 Å². The van der Waals surface area contributed by atoms with Crippen LogP contribution in [0.3, 0.4) is 0 Å². The van der Waals surface area contributed by atoms with Crippen LogP contribution in [-0.2, 0) is 19.5 Å². The number of hydrogen-bond donors (Lipinski definition) is 0. The summed E-state index contributed by atoms with van der Waals surface area (Å²) in [6.07, 6.45) is 0. The van der Waals surface area contributed by atoms with Crippen molar-refractivity contribution in [2.45, 2.75) is 0 Å². The largest absolute Gasteiger partial charge is 0 e. The number of halogens is 3. The van der Waals surface area contributed by atoms with Gasteiger partial charge in [-0.1, -0.05) is 0 Å². The Labute approximate surface area is 68.2 Å². The van der Waals surface area contributed by atoms with Crippen molar-refractivity contribution in [3.8, 4) is 0 Å². The van der Waals surface area contributed by atoms with E-state index in [0.29, 0.717) is 13.3 Å². The van der Waals surface area contributed by atoms with Crippen molar-refractivity contribution in [2.24, 2.45) is 0 Å². The smallest absolute Gasteiger partial charge is 0 e. The summed E-state index contributed by atoms with van der Waals surface area (Å²) in [5, 5.41) is 0. The van der Waals surface area contributed by atoms with E-state index in [4.69, 9.17) is 0 Å². The molecule has 0 saturated heterocycles. The second-order valence-corrected chi connectivity index (χ2v) is 16.3. The Morgan fingerprint density at radius 3 is 1.25 bits per heavy atom. The van der Waals surface area contributed by atoms with Gasteiger partial charge >= 0.3 is 50.5 Å². The first kappa shape index (κ1) is 9.94. The van der Waals surface area contributed by atoms with Crippen LogP contribution < -0.4 is 13.3 Å². The van der Waals surface area contributed by atoms with Crippen molar-refractivity contribution in [3.05, 3.63) is 0 Å². The summed E-state index contributed by atoms with van der Waals surface area (Å²) in [7, 11) is 0. The van der Waals surface area contributed by atoms with Crippen molar-refractivity contribution in [1.29, 1.82) is 0 Å². The maximum absolute atomic E-state index is 2.39. The van der Waals surface area contributed by atoms with E-state index in [9.17, 15) is 0 Å². The molecule has 0 aromatic rings. The maximum atomic E-state index is 2.39. The van der Waals surface area contributed by atoms with Crippen LogP contribution >= 0.6 is 37.2 Å². The van der Waals surface area contributed by atoms with E-state index in [1.165, 1.54) is 0 Å². The van der Waals surface area contributed by atoms with E-state index in [2.05, 4.69) is 37.2 Å². The van der Waals surface area contributed by atoms with E-state index < -0.39 is 0 Å². The van der Waals surface area contributed by atoms with Crippen molar-refractivity contribution in [1.82, 2.24) is 0 Å². The molecule has 0 bridgehead atoms. The predicted molar refractivity (Wildman–Crippen MR) is 28.0 cm³/mol. The average molecular weight is 446 g/mol. The molecule has 0 heterocycles. The van der Waals surface area contributed by atoms with Crippen molar-refractivity contribution in [3.63, 3.8) is 0 Å². The van der Waals surface area contributed by atoms with E-state index in [-0.39, 0.29) is 19.5 Å². The van der Waals surface area contributed by atoms with Crippen LogP contribution in [0.1, 0.15) is 0 Å². The quantitative estimate of drug-likeness (QED) is 0.324. The third-order valence-corrected chi connectivity index (χ3v) is 0. The van der Waals surface area contributed by atoms with Crippen molar-refractivity contribution < 1.29 is 32.7 Å². The third kappa shape index (κ3) is 8.84. The van der Waals surface area contributed by atoms with Gasteiger partial charge in [-0.15, -0.1) is 0 Å². The fourth-order valence-electron chi connectivity index (χ4n) is 0. The summed E-state index contributed by atoms with van der Waals surface area (Å²) in [5.41, 5.74) is 0. The van der Waals surface area contributed by atoms with Gasteiger partial charge in [-0.3, -0.25) is 0 Å². The fraction of sp³-hybridized carbons (Fsp3) is 0. The van der Waals surface area contributed by atoms with Gasteiger partial charge in [-0.25, -0.2) is 0 Å². The molecule has 0 aromatic carbocycles. The summed E-state index contributed by atoms with van der Waals surface area (Å²) >= 11 is 5.30. The van der Waals surface area contributed by atoms with Crippen LogP contribution in [0, 0.1) is 0 Å². The Morgan fingerprint density at radius 1 is 1.25 bits per heavy atom. The first-order chi connectivity index (χ1) is 1.41. The van der Waals surface area contributed by atoms with Gasteiger partial charge in [0.15, 0.2) is 0 Å². The van der Waals surface area contributed by atoms with Crippen LogP contribution in [-0.4, -0.2) is 0 Å². The average Bonchev–Trinajstić information content (AvgIpc) is 0.918. The second-order valence-electron chi connectivity index (χ2n) is 0.0540. The van der Waals surface area contributed by atoms with Crippen LogP contribution in [0.5, 0.6) is 0 Å². The minimum atomic E-state index is 0. The molecule has 0 spiro atoms. The van der Waals surface area contributed by atoms with Gasteiger partial charge in [0.25, 0.3) is 0 Å². The summed E-state index contributed by atoms with van der Waals surface area (Å²) in [5.74, 6) is 0. The molecule has 0 radical (unpaired) electrons. The molecule has 0 saturated carbocycles. The minimum absolute atomic E-state index is 0. The van der Waals surface area contributed by atoms with Gasteiger partial charge in [0.2, 0.25) is 0 Å². The fourth-order valence-corrected chi connectivity index (χ4v) is 0. The first-order valence-corrected chi connectivity index (χ1v) is 12.9. The zero-order valence-corrected chi connectivity index (χ0v) is 11.3. The summed E-state index contributed by atoms with van der Waals surface area (Å²) < 4.78 is 0. The van der Waals surface area contributed by atoms with Gasteiger partial charge in [0.1, 0.15) is 0 Å². The molecule has 0 N–H and O–H groups in total. The molecule has 4 heteroatoms. The molecular weight excluding hydrogens is 446 g/mol. The third-order valence-electron chi connectivity index (χ3n) is 0. The first-order valence-electron chi connectivity index (χ1n) is 0.286. The molecule has 0 atom stereocenters. The molecule has 24 valence electrons. The summed E-state index contributed by atoms with van der Waals surface area (Å²) in [6.45, 7) is 0.